The van der Waals surface area contributed by atoms with Gasteiger partial charge in [-0.3, -0.25) is 0 Å². The van der Waals surface area contributed by atoms with Crippen LogP contribution in [0.5, 0.6) is 5.75 Å². The second-order valence-corrected chi connectivity index (χ2v) is 2.95. The fourth-order valence-corrected chi connectivity index (χ4v) is 1.17. The number of halogens is 1. The van der Waals surface area contributed by atoms with Crippen LogP contribution < -0.4 is 4.74 Å². The lowest BCUT2D eigenvalue weighted by Crippen LogP contribution is -1.95. The van der Waals surface area contributed by atoms with E-state index in [0.717, 1.165) is 11.3 Å². The van der Waals surface area contributed by atoms with Crippen molar-refractivity contribution in [1.82, 2.24) is 0 Å². The van der Waals surface area contributed by atoms with Crippen LogP contribution in [0.3, 0.4) is 0 Å². The summed E-state index contributed by atoms with van der Waals surface area (Å²) in [6, 6.07) is 7.34. The third-order valence-electron chi connectivity index (χ3n) is 1.92. The van der Waals surface area contributed by atoms with Gasteiger partial charge in [-0.05, 0) is 29.7 Å². The second kappa shape index (κ2) is 5.40. The van der Waals surface area contributed by atoms with Gasteiger partial charge in [0.2, 0.25) is 0 Å². The Kier molecular flexibility index (Phi) is 4.13. The lowest BCUT2D eigenvalue weighted by atomic mass is 10.1. The molecule has 1 N–H and O–H groups in total. The molecule has 76 valence electrons. The fourth-order valence-electron chi connectivity index (χ4n) is 1.17. The molecule has 0 aliphatic heterocycles. The molecule has 0 atom stereocenters. The SMILES string of the molecule is COc1cccc(CC(=CF)CO)c1. The Balaban J connectivity index is 2.76. The summed E-state index contributed by atoms with van der Waals surface area (Å²) >= 11 is 0. The summed E-state index contributed by atoms with van der Waals surface area (Å²) in [5.41, 5.74) is 1.28. The lowest BCUT2D eigenvalue weighted by molar-refractivity contribution is 0.325. The Morgan fingerprint density at radius 3 is 2.93 bits per heavy atom. The fraction of sp³-hybridized carbons (Fsp3) is 0.273. The zero-order chi connectivity index (χ0) is 10.4. The molecule has 0 fully saturated rings. The Bertz CT molecular complexity index is 321. The van der Waals surface area contributed by atoms with Crippen LogP contribution in [0.1, 0.15) is 5.56 Å². The molecule has 1 aromatic rings. The number of aliphatic hydroxyl groups is 1. The minimum atomic E-state index is -0.256. The first-order valence-corrected chi connectivity index (χ1v) is 4.32. The minimum absolute atomic E-state index is 0.256. The van der Waals surface area contributed by atoms with Crippen LogP contribution in [0.15, 0.2) is 36.2 Å². The molecule has 1 aromatic carbocycles. The first-order valence-electron chi connectivity index (χ1n) is 4.32. The molecule has 2 nitrogen and oxygen atoms in total. The predicted octanol–water partition coefficient (Wildman–Crippen LogP) is 2.08. The number of hydrogen-bond acceptors (Lipinski definition) is 2. The van der Waals surface area contributed by atoms with Gasteiger partial charge in [0.1, 0.15) is 5.75 Å². The highest BCUT2D eigenvalue weighted by molar-refractivity contribution is 5.31. The highest BCUT2D eigenvalue weighted by atomic mass is 19.1. The van der Waals surface area contributed by atoms with Crippen LogP contribution in [-0.2, 0) is 6.42 Å². The molecule has 0 radical (unpaired) electrons. The highest BCUT2D eigenvalue weighted by Crippen LogP contribution is 2.15. The Labute approximate surface area is 82.6 Å². The maximum absolute atomic E-state index is 12.2. The number of ether oxygens (including phenoxy) is 1. The van der Waals surface area contributed by atoms with Crippen LogP contribution >= 0.6 is 0 Å². The summed E-state index contributed by atoms with van der Waals surface area (Å²) in [4.78, 5) is 0. The molecule has 1 rings (SSSR count). The van der Waals surface area contributed by atoms with Gasteiger partial charge in [-0.1, -0.05) is 12.1 Å². The minimum Gasteiger partial charge on any atom is -0.497 e. The third-order valence-corrected chi connectivity index (χ3v) is 1.92. The van der Waals surface area contributed by atoms with Crippen molar-refractivity contribution in [1.29, 1.82) is 0 Å². The van der Waals surface area contributed by atoms with Gasteiger partial charge < -0.3 is 9.84 Å². The van der Waals surface area contributed by atoms with E-state index in [-0.39, 0.29) is 6.61 Å². The first kappa shape index (κ1) is 10.7. The summed E-state index contributed by atoms with van der Waals surface area (Å²) in [5.74, 6) is 0.735. The van der Waals surface area contributed by atoms with Gasteiger partial charge in [-0.2, -0.15) is 0 Å². The zero-order valence-electron chi connectivity index (χ0n) is 8.03. The Hall–Kier alpha value is -1.35. The first-order chi connectivity index (χ1) is 6.80. The molecule has 0 amide bonds. The van der Waals surface area contributed by atoms with Crippen molar-refractivity contribution < 1.29 is 14.2 Å². The largest absolute Gasteiger partial charge is 0.497 e. The van der Waals surface area contributed by atoms with Crippen molar-refractivity contribution in [2.45, 2.75) is 6.42 Å². The summed E-state index contributed by atoms with van der Waals surface area (Å²) in [7, 11) is 1.58. The number of benzene rings is 1. The topological polar surface area (TPSA) is 29.5 Å². The van der Waals surface area contributed by atoms with Crippen molar-refractivity contribution in [2.75, 3.05) is 13.7 Å². The molecular formula is C11H13FO2. The van der Waals surface area contributed by atoms with Crippen LogP contribution in [0.2, 0.25) is 0 Å². The van der Waals surface area contributed by atoms with Crippen molar-refractivity contribution in [3.8, 4) is 5.75 Å². The van der Waals surface area contributed by atoms with Crippen LogP contribution in [-0.4, -0.2) is 18.8 Å². The molecular weight excluding hydrogens is 183 g/mol. The molecule has 0 bridgehead atoms. The Morgan fingerprint density at radius 1 is 1.57 bits per heavy atom. The number of methoxy groups -OCH3 is 1. The monoisotopic (exact) mass is 196 g/mol. The molecule has 0 saturated heterocycles. The van der Waals surface area contributed by atoms with E-state index in [1.165, 1.54) is 0 Å². The number of aliphatic hydroxyl groups excluding tert-OH is 1. The van der Waals surface area contributed by atoms with Crippen molar-refractivity contribution in [3.63, 3.8) is 0 Å². The lowest BCUT2D eigenvalue weighted by Gasteiger charge is -2.04. The van der Waals surface area contributed by atoms with Gasteiger partial charge in [-0.15, -0.1) is 0 Å². The van der Waals surface area contributed by atoms with E-state index in [9.17, 15) is 4.39 Å². The van der Waals surface area contributed by atoms with Crippen LogP contribution in [0.25, 0.3) is 0 Å². The van der Waals surface area contributed by atoms with Crippen LogP contribution in [0, 0.1) is 0 Å². The smallest absolute Gasteiger partial charge is 0.119 e. The predicted molar refractivity (Wildman–Crippen MR) is 53.0 cm³/mol. The van der Waals surface area contributed by atoms with E-state index < -0.39 is 0 Å². The number of hydrogen-bond donors (Lipinski definition) is 1. The van der Waals surface area contributed by atoms with E-state index in [4.69, 9.17) is 9.84 Å². The van der Waals surface area contributed by atoms with Gasteiger partial charge in [0.05, 0.1) is 20.0 Å². The average Bonchev–Trinajstić information content (AvgIpc) is 2.26. The summed E-state index contributed by atoms with van der Waals surface area (Å²) in [6.07, 6.45) is 0.851. The molecule has 14 heavy (non-hydrogen) atoms. The quantitative estimate of drug-likeness (QED) is 0.798. The normalized spacial score (nSPS) is 11.5. The van der Waals surface area contributed by atoms with E-state index in [2.05, 4.69) is 0 Å². The average molecular weight is 196 g/mol. The molecule has 0 aliphatic carbocycles. The van der Waals surface area contributed by atoms with Gasteiger partial charge in [0, 0.05) is 0 Å². The van der Waals surface area contributed by atoms with Gasteiger partial charge >= 0.3 is 0 Å². The van der Waals surface area contributed by atoms with Crippen molar-refractivity contribution in [3.05, 3.63) is 41.7 Å². The third kappa shape index (κ3) is 2.85. The molecule has 0 heterocycles. The van der Waals surface area contributed by atoms with Crippen molar-refractivity contribution >= 4 is 0 Å². The standard InChI is InChI=1S/C11H13FO2/c1-14-11-4-2-3-9(6-11)5-10(7-12)8-13/h2-4,6-7,13H,5,8H2,1H3. The number of rotatable bonds is 4. The van der Waals surface area contributed by atoms with Gasteiger partial charge in [0.25, 0.3) is 0 Å². The highest BCUT2D eigenvalue weighted by Gasteiger charge is 2.00. The molecule has 0 saturated carbocycles. The maximum Gasteiger partial charge on any atom is 0.119 e. The summed E-state index contributed by atoms with van der Waals surface area (Å²) in [6.45, 7) is -0.256. The molecule has 0 spiro atoms. The van der Waals surface area contributed by atoms with Crippen LogP contribution in [0.4, 0.5) is 4.39 Å². The molecule has 0 aromatic heterocycles. The van der Waals surface area contributed by atoms with Gasteiger partial charge in [0.15, 0.2) is 0 Å². The summed E-state index contributed by atoms with van der Waals surface area (Å²) in [5, 5.41) is 8.77. The maximum atomic E-state index is 12.2. The van der Waals surface area contributed by atoms with E-state index in [0.29, 0.717) is 18.3 Å². The second-order valence-electron chi connectivity index (χ2n) is 2.95. The van der Waals surface area contributed by atoms with E-state index in [1.54, 1.807) is 7.11 Å². The van der Waals surface area contributed by atoms with E-state index >= 15 is 0 Å². The van der Waals surface area contributed by atoms with Gasteiger partial charge in [-0.25, -0.2) is 4.39 Å². The van der Waals surface area contributed by atoms with Crippen molar-refractivity contribution in [2.24, 2.45) is 0 Å². The molecule has 3 heteroatoms. The summed E-state index contributed by atoms with van der Waals surface area (Å²) < 4.78 is 17.2. The Morgan fingerprint density at radius 2 is 2.36 bits per heavy atom. The molecule has 0 aliphatic rings. The zero-order valence-corrected chi connectivity index (χ0v) is 8.03. The van der Waals surface area contributed by atoms with E-state index in [1.807, 2.05) is 24.3 Å². The molecule has 0 unspecified atom stereocenters.